The van der Waals surface area contributed by atoms with Crippen molar-refractivity contribution in [2.75, 3.05) is 27.3 Å². The molecule has 0 unspecified atom stereocenters. The van der Waals surface area contributed by atoms with Gasteiger partial charge in [-0.2, -0.15) is 0 Å². The van der Waals surface area contributed by atoms with Crippen LogP contribution in [0, 0.1) is 13.8 Å². The number of amides is 1. The van der Waals surface area contributed by atoms with E-state index in [1.807, 2.05) is 56.3 Å². The minimum absolute atomic E-state index is 0.00595. The Balaban J connectivity index is 1.86. The minimum atomic E-state index is 0.00595. The molecule has 0 saturated carbocycles. The van der Waals surface area contributed by atoms with Crippen LogP contribution in [0.3, 0.4) is 0 Å². The lowest BCUT2D eigenvalue weighted by Gasteiger charge is -2.18. The molecule has 0 atom stereocenters. The van der Waals surface area contributed by atoms with Gasteiger partial charge in [0.25, 0.3) is 5.91 Å². The lowest BCUT2D eigenvalue weighted by atomic mass is 10.1. The quantitative estimate of drug-likeness (QED) is 0.820. The molecule has 0 N–H and O–H groups in total. The van der Waals surface area contributed by atoms with Crippen molar-refractivity contribution in [1.29, 1.82) is 0 Å². The molecule has 0 bridgehead atoms. The second-order valence-electron chi connectivity index (χ2n) is 5.55. The molecule has 1 amide bonds. The Morgan fingerprint density at radius 3 is 2.26 bits per heavy atom. The molecule has 2 aromatic carbocycles. The van der Waals surface area contributed by atoms with Gasteiger partial charge in [-0.25, -0.2) is 0 Å². The van der Waals surface area contributed by atoms with Crippen molar-refractivity contribution in [1.82, 2.24) is 4.90 Å². The highest BCUT2D eigenvalue weighted by Crippen LogP contribution is 2.17. The molecule has 0 spiro atoms. The summed E-state index contributed by atoms with van der Waals surface area (Å²) in [5.41, 5.74) is 3.02. The summed E-state index contributed by atoms with van der Waals surface area (Å²) in [6.07, 6.45) is 0. The van der Waals surface area contributed by atoms with Gasteiger partial charge in [-0.3, -0.25) is 4.79 Å². The smallest absolute Gasteiger partial charge is 0.253 e. The van der Waals surface area contributed by atoms with E-state index in [2.05, 4.69) is 0 Å². The van der Waals surface area contributed by atoms with Crippen LogP contribution in [0.1, 0.15) is 21.5 Å². The number of aryl methyl sites for hydroxylation is 2. The van der Waals surface area contributed by atoms with Crippen LogP contribution >= 0.6 is 0 Å². The van der Waals surface area contributed by atoms with Crippen LogP contribution in [0.5, 0.6) is 11.5 Å². The van der Waals surface area contributed by atoms with E-state index >= 15 is 0 Å². The van der Waals surface area contributed by atoms with E-state index in [-0.39, 0.29) is 5.91 Å². The molecule has 0 radical (unpaired) electrons. The van der Waals surface area contributed by atoms with Gasteiger partial charge in [-0.15, -0.1) is 0 Å². The summed E-state index contributed by atoms with van der Waals surface area (Å²) in [5.74, 6) is 1.56. The molecule has 0 saturated heterocycles. The first-order valence-corrected chi connectivity index (χ1v) is 7.61. The minimum Gasteiger partial charge on any atom is -0.497 e. The highest BCUT2D eigenvalue weighted by molar-refractivity contribution is 5.94. The second-order valence-corrected chi connectivity index (χ2v) is 5.55. The third kappa shape index (κ3) is 4.49. The van der Waals surface area contributed by atoms with E-state index in [1.54, 1.807) is 19.1 Å². The van der Waals surface area contributed by atoms with Crippen molar-refractivity contribution in [2.24, 2.45) is 0 Å². The maximum absolute atomic E-state index is 12.4. The van der Waals surface area contributed by atoms with Gasteiger partial charge in [-0.05, 0) is 61.4 Å². The fraction of sp³-hybridized carbons (Fsp3) is 0.316. The number of methoxy groups -OCH3 is 1. The van der Waals surface area contributed by atoms with Gasteiger partial charge in [0.15, 0.2) is 0 Å². The summed E-state index contributed by atoms with van der Waals surface area (Å²) in [4.78, 5) is 14.1. The zero-order valence-electron chi connectivity index (χ0n) is 14.1. The predicted octanol–water partition coefficient (Wildman–Crippen LogP) is 3.46. The number of hydrogen-bond donors (Lipinski definition) is 0. The molecule has 4 heteroatoms. The SMILES string of the molecule is COc1ccc(OCCN(C)C(=O)c2ccc(C)c(C)c2)cc1. The van der Waals surface area contributed by atoms with E-state index in [9.17, 15) is 4.79 Å². The van der Waals surface area contributed by atoms with Gasteiger partial charge in [0.1, 0.15) is 18.1 Å². The van der Waals surface area contributed by atoms with E-state index in [0.29, 0.717) is 18.7 Å². The van der Waals surface area contributed by atoms with Crippen molar-refractivity contribution in [3.63, 3.8) is 0 Å². The number of carbonyl (C=O) groups excluding carboxylic acids is 1. The van der Waals surface area contributed by atoms with Gasteiger partial charge in [-0.1, -0.05) is 6.07 Å². The zero-order chi connectivity index (χ0) is 16.8. The van der Waals surface area contributed by atoms with Crippen LogP contribution < -0.4 is 9.47 Å². The van der Waals surface area contributed by atoms with Crippen molar-refractivity contribution >= 4 is 5.91 Å². The van der Waals surface area contributed by atoms with Crippen LogP contribution in [0.2, 0.25) is 0 Å². The number of likely N-dealkylation sites (N-methyl/N-ethyl adjacent to an activating group) is 1. The van der Waals surface area contributed by atoms with Crippen molar-refractivity contribution in [3.8, 4) is 11.5 Å². The lowest BCUT2D eigenvalue weighted by molar-refractivity contribution is 0.0773. The van der Waals surface area contributed by atoms with Crippen molar-refractivity contribution in [3.05, 3.63) is 59.2 Å². The molecule has 0 fully saturated rings. The molecule has 0 heterocycles. The number of hydrogen-bond acceptors (Lipinski definition) is 3. The first-order valence-electron chi connectivity index (χ1n) is 7.61. The molecule has 23 heavy (non-hydrogen) atoms. The van der Waals surface area contributed by atoms with Gasteiger partial charge in [0.2, 0.25) is 0 Å². The van der Waals surface area contributed by atoms with Gasteiger partial charge in [0, 0.05) is 12.6 Å². The molecule has 0 aliphatic carbocycles. The number of ether oxygens (including phenoxy) is 2. The molecule has 122 valence electrons. The van der Waals surface area contributed by atoms with Crippen LogP contribution in [-0.4, -0.2) is 38.1 Å². The second kappa shape index (κ2) is 7.68. The summed E-state index contributed by atoms with van der Waals surface area (Å²) in [6, 6.07) is 13.2. The van der Waals surface area contributed by atoms with Gasteiger partial charge < -0.3 is 14.4 Å². The molecular weight excluding hydrogens is 290 g/mol. The highest BCUT2D eigenvalue weighted by atomic mass is 16.5. The van der Waals surface area contributed by atoms with E-state index in [4.69, 9.17) is 9.47 Å². The molecule has 0 aliphatic rings. The molecule has 0 aliphatic heterocycles. The molecular formula is C19H23NO3. The number of rotatable bonds is 6. The van der Waals surface area contributed by atoms with Crippen LogP contribution in [-0.2, 0) is 0 Å². The van der Waals surface area contributed by atoms with Gasteiger partial charge >= 0.3 is 0 Å². The lowest BCUT2D eigenvalue weighted by Crippen LogP contribution is -2.30. The van der Waals surface area contributed by atoms with E-state index in [0.717, 1.165) is 17.1 Å². The van der Waals surface area contributed by atoms with E-state index < -0.39 is 0 Å². The van der Waals surface area contributed by atoms with Crippen molar-refractivity contribution < 1.29 is 14.3 Å². The van der Waals surface area contributed by atoms with Crippen LogP contribution in [0.15, 0.2) is 42.5 Å². The Morgan fingerprint density at radius 2 is 1.65 bits per heavy atom. The first kappa shape index (κ1) is 16.9. The molecule has 2 aromatic rings. The largest absolute Gasteiger partial charge is 0.497 e. The average molecular weight is 313 g/mol. The molecule has 0 aromatic heterocycles. The Bertz CT molecular complexity index is 665. The topological polar surface area (TPSA) is 38.8 Å². The van der Waals surface area contributed by atoms with E-state index in [1.165, 1.54) is 5.56 Å². The normalized spacial score (nSPS) is 10.3. The van der Waals surface area contributed by atoms with Crippen LogP contribution in [0.4, 0.5) is 0 Å². The third-order valence-corrected chi connectivity index (χ3v) is 3.86. The number of benzene rings is 2. The van der Waals surface area contributed by atoms with Gasteiger partial charge in [0.05, 0.1) is 13.7 Å². The number of nitrogens with zero attached hydrogens (tertiary/aromatic N) is 1. The first-order chi connectivity index (χ1) is 11.0. The maximum atomic E-state index is 12.4. The molecule has 4 nitrogen and oxygen atoms in total. The summed E-state index contributed by atoms with van der Waals surface area (Å²) < 4.78 is 10.8. The average Bonchev–Trinajstić information content (AvgIpc) is 2.57. The Labute approximate surface area is 137 Å². The van der Waals surface area contributed by atoms with Crippen LogP contribution in [0.25, 0.3) is 0 Å². The summed E-state index contributed by atoms with van der Waals surface area (Å²) in [7, 11) is 3.41. The monoisotopic (exact) mass is 313 g/mol. The maximum Gasteiger partial charge on any atom is 0.253 e. The fourth-order valence-electron chi connectivity index (χ4n) is 2.17. The van der Waals surface area contributed by atoms with Crippen molar-refractivity contribution in [2.45, 2.75) is 13.8 Å². The zero-order valence-corrected chi connectivity index (χ0v) is 14.1. The molecule has 2 rings (SSSR count). The Hall–Kier alpha value is -2.49. The summed E-state index contributed by atoms with van der Waals surface area (Å²) in [6.45, 7) is 5.02. The standard InChI is InChI=1S/C19H23NO3/c1-14-5-6-16(13-15(14)2)19(21)20(3)11-12-23-18-9-7-17(22-4)8-10-18/h5-10,13H,11-12H2,1-4H3. The fourth-order valence-corrected chi connectivity index (χ4v) is 2.17. The number of carbonyl (C=O) groups is 1. The summed E-state index contributed by atoms with van der Waals surface area (Å²) in [5, 5.41) is 0. The Kier molecular flexibility index (Phi) is 5.63. The predicted molar refractivity (Wildman–Crippen MR) is 91.4 cm³/mol. The highest BCUT2D eigenvalue weighted by Gasteiger charge is 2.12. The summed E-state index contributed by atoms with van der Waals surface area (Å²) >= 11 is 0. The third-order valence-electron chi connectivity index (χ3n) is 3.86. The Morgan fingerprint density at radius 1 is 1.00 bits per heavy atom.